The van der Waals surface area contributed by atoms with Crippen molar-refractivity contribution >= 4 is 5.96 Å². The van der Waals surface area contributed by atoms with Crippen molar-refractivity contribution in [3.63, 3.8) is 0 Å². The van der Waals surface area contributed by atoms with Gasteiger partial charge in [-0.3, -0.25) is 4.99 Å². The van der Waals surface area contributed by atoms with Gasteiger partial charge in [0, 0.05) is 20.1 Å². The van der Waals surface area contributed by atoms with E-state index in [4.69, 9.17) is 0 Å². The Morgan fingerprint density at radius 2 is 1.95 bits per heavy atom. The highest BCUT2D eigenvalue weighted by molar-refractivity contribution is 5.79. The van der Waals surface area contributed by atoms with E-state index in [9.17, 15) is 4.39 Å². The van der Waals surface area contributed by atoms with Crippen LogP contribution in [0.5, 0.6) is 0 Å². The fraction of sp³-hybridized carbons (Fsp3) is 0.588. The Labute approximate surface area is 126 Å². The Morgan fingerprint density at radius 3 is 2.52 bits per heavy atom. The molecule has 0 spiro atoms. The van der Waals surface area contributed by atoms with E-state index in [1.54, 1.807) is 0 Å². The number of hydrogen-bond acceptors (Lipinski definition) is 1. The third-order valence-corrected chi connectivity index (χ3v) is 4.79. The monoisotopic (exact) mass is 289 g/mol. The normalized spacial score (nSPS) is 20.2. The summed E-state index contributed by atoms with van der Waals surface area (Å²) in [6.07, 6.45) is 6.44. The van der Waals surface area contributed by atoms with Crippen LogP contribution in [-0.4, -0.2) is 26.1 Å². The number of rotatable bonds is 6. The summed E-state index contributed by atoms with van der Waals surface area (Å²) in [7, 11) is 1.81. The maximum Gasteiger partial charge on any atom is 0.191 e. The van der Waals surface area contributed by atoms with Crippen molar-refractivity contribution in [1.82, 2.24) is 10.6 Å². The number of aliphatic imine (C=N–C) groups is 1. The number of guanidine groups is 1. The molecule has 0 aliphatic heterocycles. The summed E-state index contributed by atoms with van der Waals surface area (Å²) >= 11 is 0. The minimum absolute atomic E-state index is 0.181. The van der Waals surface area contributed by atoms with Crippen molar-refractivity contribution in [2.45, 2.75) is 32.1 Å². The Balaban J connectivity index is 1.39. The van der Waals surface area contributed by atoms with Crippen LogP contribution >= 0.6 is 0 Å². The quantitative estimate of drug-likeness (QED) is 0.624. The van der Waals surface area contributed by atoms with E-state index >= 15 is 0 Å². The fourth-order valence-electron chi connectivity index (χ4n) is 3.04. The molecule has 1 aromatic rings. The van der Waals surface area contributed by atoms with Crippen molar-refractivity contribution in [3.05, 3.63) is 35.6 Å². The van der Waals surface area contributed by atoms with Gasteiger partial charge < -0.3 is 10.6 Å². The maximum atomic E-state index is 12.8. The van der Waals surface area contributed by atoms with Crippen LogP contribution < -0.4 is 10.6 Å². The van der Waals surface area contributed by atoms with Gasteiger partial charge in [-0.2, -0.15) is 0 Å². The molecule has 0 heterocycles. The van der Waals surface area contributed by atoms with Gasteiger partial charge in [0.05, 0.1) is 0 Å². The first kappa shape index (κ1) is 14.4. The average Bonchev–Trinajstić information content (AvgIpc) is 3.38. The van der Waals surface area contributed by atoms with Gasteiger partial charge in [-0.15, -0.1) is 0 Å². The van der Waals surface area contributed by atoms with Crippen LogP contribution in [-0.2, 0) is 6.42 Å². The number of nitrogens with zero attached hydrogens (tertiary/aromatic N) is 1. The zero-order valence-electron chi connectivity index (χ0n) is 12.7. The van der Waals surface area contributed by atoms with Crippen LogP contribution in [0, 0.1) is 17.2 Å². The van der Waals surface area contributed by atoms with Crippen molar-refractivity contribution in [2.75, 3.05) is 20.1 Å². The van der Waals surface area contributed by atoms with Crippen LogP contribution in [0.1, 0.15) is 31.2 Å². The van der Waals surface area contributed by atoms with E-state index < -0.39 is 0 Å². The summed E-state index contributed by atoms with van der Waals surface area (Å²) in [6.45, 7) is 1.86. The molecule has 0 saturated heterocycles. The Hall–Kier alpha value is -1.58. The highest BCUT2D eigenvalue weighted by Gasteiger charge is 2.53. The first-order chi connectivity index (χ1) is 10.2. The summed E-state index contributed by atoms with van der Waals surface area (Å²) in [5, 5.41) is 6.81. The highest BCUT2D eigenvalue weighted by Crippen LogP contribution is 2.60. The van der Waals surface area contributed by atoms with Gasteiger partial charge in [0.25, 0.3) is 0 Å². The second-order valence-corrected chi connectivity index (χ2v) is 6.37. The number of benzene rings is 1. The first-order valence-corrected chi connectivity index (χ1v) is 7.91. The Kier molecular flexibility index (Phi) is 4.13. The fourth-order valence-corrected chi connectivity index (χ4v) is 3.04. The molecular formula is C17H24FN3. The molecule has 0 aromatic heterocycles. The van der Waals surface area contributed by atoms with Crippen LogP contribution in [0.25, 0.3) is 0 Å². The van der Waals surface area contributed by atoms with Gasteiger partial charge >= 0.3 is 0 Å². The lowest BCUT2D eigenvalue weighted by atomic mass is 10.0. The van der Waals surface area contributed by atoms with Crippen LogP contribution in [0.15, 0.2) is 29.3 Å². The molecule has 2 N–H and O–H groups in total. The summed E-state index contributed by atoms with van der Waals surface area (Å²) in [5.41, 5.74) is 1.71. The Bertz CT molecular complexity index is 501. The van der Waals surface area contributed by atoms with Crippen molar-refractivity contribution in [3.8, 4) is 0 Å². The zero-order chi connectivity index (χ0) is 14.7. The molecule has 1 aromatic carbocycles. The van der Waals surface area contributed by atoms with Gasteiger partial charge in [0.1, 0.15) is 5.82 Å². The topological polar surface area (TPSA) is 36.4 Å². The standard InChI is InChI=1S/C17H24FN3/c1-19-16(21-12-17(9-10-17)14-4-5-14)20-11-8-13-2-6-15(18)7-3-13/h2-3,6-7,14H,4-5,8-12H2,1H3,(H2,19,20,21). The number of halogens is 1. The van der Waals surface area contributed by atoms with Crippen LogP contribution in [0.3, 0.4) is 0 Å². The van der Waals surface area contributed by atoms with E-state index in [0.717, 1.165) is 37.0 Å². The Morgan fingerprint density at radius 1 is 1.24 bits per heavy atom. The van der Waals surface area contributed by atoms with Gasteiger partial charge in [0.15, 0.2) is 5.96 Å². The molecule has 4 heteroatoms. The predicted octanol–water partition coefficient (Wildman–Crippen LogP) is 2.72. The van der Waals surface area contributed by atoms with Gasteiger partial charge in [-0.1, -0.05) is 12.1 Å². The largest absolute Gasteiger partial charge is 0.356 e. The molecule has 0 unspecified atom stereocenters. The first-order valence-electron chi connectivity index (χ1n) is 7.91. The second-order valence-electron chi connectivity index (χ2n) is 6.37. The zero-order valence-corrected chi connectivity index (χ0v) is 12.7. The highest BCUT2D eigenvalue weighted by atomic mass is 19.1. The number of hydrogen-bond donors (Lipinski definition) is 2. The molecule has 114 valence electrons. The van der Waals surface area contributed by atoms with Crippen molar-refractivity contribution in [1.29, 1.82) is 0 Å². The van der Waals surface area contributed by atoms with Crippen molar-refractivity contribution < 1.29 is 4.39 Å². The van der Waals surface area contributed by atoms with E-state index in [1.165, 1.54) is 37.8 Å². The van der Waals surface area contributed by atoms with E-state index in [2.05, 4.69) is 15.6 Å². The molecule has 21 heavy (non-hydrogen) atoms. The molecule has 2 saturated carbocycles. The summed E-state index contributed by atoms with van der Waals surface area (Å²) in [5.74, 6) is 1.66. The molecule has 3 rings (SSSR count). The third-order valence-electron chi connectivity index (χ3n) is 4.79. The lowest BCUT2D eigenvalue weighted by Crippen LogP contribution is -2.41. The number of nitrogens with one attached hydrogen (secondary N) is 2. The minimum Gasteiger partial charge on any atom is -0.356 e. The smallest absolute Gasteiger partial charge is 0.191 e. The molecular weight excluding hydrogens is 265 g/mol. The molecule has 3 nitrogen and oxygen atoms in total. The van der Waals surface area contributed by atoms with Gasteiger partial charge in [0.2, 0.25) is 0 Å². The predicted molar refractivity (Wildman–Crippen MR) is 83.9 cm³/mol. The molecule has 0 radical (unpaired) electrons. The average molecular weight is 289 g/mol. The molecule has 0 amide bonds. The maximum absolute atomic E-state index is 12.8. The van der Waals surface area contributed by atoms with E-state index in [1.807, 2.05) is 19.2 Å². The van der Waals surface area contributed by atoms with Crippen molar-refractivity contribution in [2.24, 2.45) is 16.3 Å². The SMILES string of the molecule is CN=C(NCCc1ccc(F)cc1)NCC1(C2CC2)CC1. The van der Waals surface area contributed by atoms with E-state index in [0.29, 0.717) is 5.41 Å². The lowest BCUT2D eigenvalue weighted by Gasteiger charge is -2.18. The van der Waals surface area contributed by atoms with Gasteiger partial charge in [-0.25, -0.2) is 4.39 Å². The minimum atomic E-state index is -0.181. The second kappa shape index (κ2) is 6.04. The summed E-state index contributed by atoms with van der Waals surface area (Å²) in [4.78, 5) is 4.28. The molecule has 2 aliphatic carbocycles. The lowest BCUT2D eigenvalue weighted by molar-refractivity contribution is 0.431. The molecule has 0 atom stereocenters. The summed E-state index contributed by atoms with van der Waals surface area (Å²) in [6, 6.07) is 6.68. The van der Waals surface area contributed by atoms with Gasteiger partial charge in [-0.05, 0) is 61.1 Å². The van der Waals surface area contributed by atoms with E-state index in [-0.39, 0.29) is 5.82 Å². The summed E-state index contributed by atoms with van der Waals surface area (Å²) < 4.78 is 12.8. The molecule has 2 aliphatic rings. The van der Waals surface area contributed by atoms with Crippen LogP contribution in [0.2, 0.25) is 0 Å². The molecule has 2 fully saturated rings. The van der Waals surface area contributed by atoms with Crippen LogP contribution in [0.4, 0.5) is 4.39 Å². The third kappa shape index (κ3) is 3.74. The molecule has 0 bridgehead atoms.